The second kappa shape index (κ2) is 10.3. The maximum Gasteiger partial charge on any atom is 0.244 e. The lowest BCUT2D eigenvalue weighted by Gasteiger charge is -2.45. The molecule has 0 saturated carbocycles. The van der Waals surface area contributed by atoms with E-state index in [2.05, 4.69) is 20.5 Å². The van der Waals surface area contributed by atoms with E-state index in [-0.39, 0.29) is 36.7 Å². The van der Waals surface area contributed by atoms with Crippen molar-refractivity contribution in [3.05, 3.63) is 88.6 Å². The quantitative estimate of drug-likeness (QED) is 0.471. The molecule has 3 fully saturated rings. The summed E-state index contributed by atoms with van der Waals surface area (Å²) in [6.45, 7) is 2.25. The van der Waals surface area contributed by atoms with Crippen LogP contribution in [0.1, 0.15) is 35.1 Å². The van der Waals surface area contributed by atoms with Gasteiger partial charge in [-0.2, -0.15) is 0 Å². The molecule has 2 atom stereocenters. The average molecular weight is 572 g/mol. The molecule has 3 aromatic rings. The first-order chi connectivity index (χ1) is 20.3. The number of hydrogen-bond donors (Lipinski definition) is 2. The molecule has 8 rings (SSSR count). The Hall–Kier alpha value is -4.18. The summed E-state index contributed by atoms with van der Waals surface area (Å²) in [4.78, 5) is 48.1. The van der Waals surface area contributed by atoms with Crippen LogP contribution in [0, 0.1) is 23.5 Å². The summed E-state index contributed by atoms with van der Waals surface area (Å²) in [5.74, 6) is -1.51. The fraction of sp³-hybridized carbons (Fsp3) is 0.375. The molecule has 1 aromatic heterocycles. The van der Waals surface area contributed by atoms with Gasteiger partial charge in [-0.15, -0.1) is 0 Å². The van der Waals surface area contributed by atoms with Gasteiger partial charge in [0.1, 0.15) is 24.0 Å². The predicted molar refractivity (Wildman–Crippen MR) is 151 cm³/mol. The third kappa shape index (κ3) is 4.73. The van der Waals surface area contributed by atoms with Gasteiger partial charge >= 0.3 is 0 Å². The van der Waals surface area contributed by atoms with Crippen molar-refractivity contribution in [2.75, 3.05) is 36.8 Å². The number of halogens is 2. The van der Waals surface area contributed by atoms with Crippen molar-refractivity contribution >= 4 is 29.2 Å². The molecule has 1 unspecified atom stereocenters. The molecule has 1 aliphatic carbocycles. The minimum absolute atomic E-state index is 0.0700. The summed E-state index contributed by atoms with van der Waals surface area (Å²) in [7, 11) is 0. The first kappa shape index (κ1) is 26.7. The lowest BCUT2D eigenvalue weighted by Crippen LogP contribution is -2.54. The van der Waals surface area contributed by atoms with E-state index >= 15 is 0 Å². The zero-order valence-corrected chi connectivity index (χ0v) is 23.0. The highest BCUT2D eigenvalue weighted by Crippen LogP contribution is 2.47. The Morgan fingerprint density at radius 3 is 2.55 bits per heavy atom. The van der Waals surface area contributed by atoms with Gasteiger partial charge in [0, 0.05) is 36.6 Å². The smallest absolute Gasteiger partial charge is 0.244 e. The summed E-state index contributed by atoms with van der Waals surface area (Å²) < 4.78 is 27.9. The lowest BCUT2D eigenvalue weighted by atomic mass is 9.78. The molecular weight excluding hydrogens is 540 g/mol. The minimum atomic E-state index is -0.727. The van der Waals surface area contributed by atoms with E-state index < -0.39 is 23.0 Å². The molecule has 4 aliphatic heterocycles. The van der Waals surface area contributed by atoms with Crippen LogP contribution in [-0.2, 0) is 39.2 Å². The van der Waals surface area contributed by atoms with E-state index in [0.29, 0.717) is 36.5 Å². The standard InChI is InChI=1S/C32H31F2N5O3/c33-23-10-19(11-24(34)13-23)16-39(30(41)26-17-38-8-5-20(26)6-9-38)18-28(40)36-25-4-3-21-14-32(15-22(21)12-25)27-2-1-7-35-29(27)37-31(32)42/h1-4,7,10-13,20,26H,5-6,8-9,14-18H2,(H,36,40)(H,35,37,42)/t26?,32-/m1/s1. The van der Waals surface area contributed by atoms with Gasteiger partial charge in [-0.1, -0.05) is 12.1 Å². The summed E-state index contributed by atoms with van der Waals surface area (Å²) in [5.41, 5.74) is 3.03. The van der Waals surface area contributed by atoms with Gasteiger partial charge in [0.2, 0.25) is 17.7 Å². The van der Waals surface area contributed by atoms with Gasteiger partial charge in [-0.25, -0.2) is 13.8 Å². The third-order valence-electron chi connectivity index (χ3n) is 9.38. The summed E-state index contributed by atoms with van der Waals surface area (Å²) in [6.07, 6.45) is 4.56. The van der Waals surface area contributed by atoms with Crippen LogP contribution < -0.4 is 10.6 Å². The van der Waals surface area contributed by atoms with Crippen LogP contribution in [0.25, 0.3) is 0 Å². The van der Waals surface area contributed by atoms with Crippen molar-refractivity contribution in [2.45, 2.75) is 37.6 Å². The fourth-order valence-corrected chi connectivity index (χ4v) is 7.33. The Kier molecular flexibility index (Phi) is 6.53. The molecule has 2 aromatic carbocycles. The molecule has 5 heterocycles. The number of carbonyl (C=O) groups is 3. The Bertz CT molecular complexity index is 1580. The number of fused-ring (bicyclic) bond motifs is 6. The van der Waals surface area contributed by atoms with E-state index in [1.165, 1.54) is 17.0 Å². The van der Waals surface area contributed by atoms with Crippen LogP contribution in [-0.4, -0.2) is 58.7 Å². The van der Waals surface area contributed by atoms with E-state index in [0.717, 1.165) is 48.7 Å². The molecule has 10 heteroatoms. The summed E-state index contributed by atoms with van der Waals surface area (Å²) in [6, 6.07) is 12.5. The second-order valence-electron chi connectivity index (χ2n) is 12.0. The van der Waals surface area contributed by atoms with E-state index in [4.69, 9.17) is 0 Å². The Labute approximate surface area is 242 Å². The minimum Gasteiger partial charge on any atom is -0.329 e. The van der Waals surface area contributed by atoms with Crippen molar-refractivity contribution in [2.24, 2.45) is 11.8 Å². The molecular formula is C32H31F2N5O3. The molecule has 3 saturated heterocycles. The molecule has 42 heavy (non-hydrogen) atoms. The highest BCUT2D eigenvalue weighted by Gasteiger charge is 2.51. The van der Waals surface area contributed by atoms with Crippen LogP contribution in [0.3, 0.4) is 0 Å². The van der Waals surface area contributed by atoms with Crippen molar-refractivity contribution in [1.29, 1.82) is 0 Å². The zero-order chi connectivity index (χ0) is 29.0. The van der Waals surface area contributed by atoms with Crippen LogP contribution in [0.2, 0.25) is 0 Å². The second-order valence-corrected chi connectivity index (χ2v) is 12.0. The largest absolute Gasteiger partial charge is 0.329 e. The Morgan fingerprint density at radius 2 is 1.81 bits per heavy atom. The molecule has 8 nitrogen and oxygen atoms in total. The predicted octanol–water partition coefficient (Wildman–Crippen LogP) is 3.66. The number of rotatable bonds is 6. The van der Waals surface area contributed by atoms with Crippen LogP contribution in [0.4, 0.5) is 20.3 Å². The highest BCUT2D eigenvalue weighted by molar-refractivity contribution is 6.06. The van der Waals surface area contributed by atoms with Crippen molar-refractivity contribution in [1.82, 2.24) is 14.8 Å². The molecule has 1 spiro atoms. The summed E-state index contributed by atoms with van der Waals surface area (Å²) >= 11 is 0. The molecule has 2 bridgehead atoms. The number of hydrogen-bond acceptors (Lipinski definition) is 5. The van der Waals surface area contributed by atoms with Gasteiger partial charge < -0.3 is 20.4 Å². The first-order valence-corrected chi connectivity index (χ1v) is 14.4. The monoisotopic (exact) mass is 571 g/mol. The first-order valence-electron chi connectivity index (χ1n) is 14.4. The van der Waals surface area contributed by atoms with E-state index in [9.17, 15) is 23.2 Å². The summed E-state index contributed by atoms with van der Waals surface area (Å²) in [5, 5.41) is 5.81. The molecule has 2 N–H and O–H groups in total. The molecule has 216 valence electrons. The zero-order valence-electron chi connectivity index (χ0n) is 23.0. The maximum atomic E-state index is 14.0. The maximum absolute atomic E-state index is 14.0. The van der Waals surface area contributed by atoms with Gasteiger partial charge in [0.05, 0.1) is 11.3 Å². The number of pyridine rings is 1. The normalized spacial score (nSPS) is 25.2. The van der Waals surface area contributed by atoms with Gasteiger partial charge in [-0.3, -0.25) is 14.4 Å². The number of amides is 3. The van der Waals surface area contributed by atoms with Gasteiger partial charge in [0.15, 0.2) is 0 Å². The highest BCUT2D eigenvalue weighted by atomic mass is 19.1. The van der Waals surface area contributed by atoms with Crippen LogP contribution >= 0.6 is 0 Å². The third-order valence-corrected chi connectivity index (χ3v) is 9.38. The van der Waals surface area contributed by atoms with Gasteiger partial charge in [-0.05, 0) is 91.7 Å². The lowest BCUT2D eigenvalue weighted by molar-refractivity contribution is -0.144. The van der Waals surface area contributed by atoms with E-state index in [1.54, 1.807) is 12.3 Å². The van der Waals surface area contributed by atoms with Crippen LogP contribution in [0.15, 0.2) is 54.7 Å². The Balaban J connectivity index is 1.09. The number of piperidine rings is 3. The van der Waals surface area contributed by atoms with E-state index in [1.807, 2.05) is 24.3 Å². The van der Waals surface area contributed by atoms with Crippen molar-refractivity contribution in [3.63, 3.8) is 0 Å². The number of anilines is 2. The van der Waals surface area contributed by atoms with Crippen LogP contribution in [0.5, 0.6) is 0 Å². The molecule has 3 amide bonds. The topological polar surface area (TPSA) is 94.6 Å². The Morgan fingerprint density at radius 1 is 1.05 bits per heavy atom. The average Bonchev–Trinajstić information content (AvgIpc) is 3.49. The number of benzene rings is 2. The van der Waals surface area contributed by atoms with Gasteiger partial charge in [0.25, 0.3) is 0 Å². The van der Waals surface area contributed by atoms with Crippen molar-refractivity contribution in [3.8, 4) is 0 Å². The number of nitrogens with zero attached hydrogens (tertiary/aromatic N) is 3. The SMILES string of the molecule is O=C(CN(Cc1cc(F)cc(F)c1)C(=O)C1CN2CCC1CC2)Nc1ccc2c(c1)C[C@@]1(C2)C(=O)Nc2ncccc21. The van der Waals surface area contributed by atoms with Crippen molar-refractivity contribution < 1.29 is 23.2 Å². The molecule has 0 radical (unpaired) electrons. The number of nitrogens with one attached hydrogen (secondary N) is 2. The number of carbonyl (C=O) groups excluding carboxylic acids is 3. The fourth-order valence-electron chi connectivity index (χ4n) is 7.33. The number of aromatic nitrogens is 1. The molecule has 5 aliphatic rings.